The van der Waals surface area contributed by atoms with Crippen LogP contribution in [-0.4, -0.2) is 0 Å². The minimum Gasteiger partial charge on any atom is -0.197 e. The molecule has 0 radical (unpaired) electrons. The van der Waals surface area contributed by atoms with Crippen LogP contribution in [0.15, 0.2) is 0 Å². The summed E-state index contributed by atoms with van der Waals surface area (Å²) in [4.78, 5) is 0. The molecule has 0 spiro atoms. The van der Waals surface area contributed by atoms with Gasteiger partial charge < -0.3 is 0 Å². The molecule has 0 bridgehead atoms. The summed E-state index contributed by atoms with van der Waals surface area (Å²) in [6.45, 7) is 0. The van der Waals surface area contributed by atoms with Gasteiger partial charge in [0, 0.05) is 0 Å². The Balaban J connectivity index is 0. The molecule has 0 rings (SSSR count). The predicted molar refractivity (Wildman–Crippen MR) is 406 cm³/mol. The molecule has 0 saturated carbocycles. The average molecular weight is 1020 g/mol. The molecule has 0 aliphatic heterocycles. The molecule has 0 aromatic carbocycles. The van der Waals surface area contributed by atoms with Crippen LogP contribution in [0, 0.1) is 0 Å². The van der Waals surface area contributed by atoms with Gasteiger partial charge in [-0.1, -0.05) is 379 Å². The summed E-state index contributed by atoms with van der Waals surface area (Å²) in [7, 11) is 0. The highest BCUT2D eigenvalue weighted by Gasteiger charge is -0.0257. The molecule has 0 aromatic rings. The van der Waals surface area contributed by atoms with Crippen molar-refractivity contribution in [1.82, 2.24) is 0 Å². The van der Waals surface area contributed by atoms with Crippen molar-refractivity contribution in [3.8, 4) is 0 Å². The van der Waals surface area contributed by atoms with Crippen molar-refractivity contribution >= 4 is 81.0 Å². The maximum absolute atomic E-state index is 0. The van der Waals surface area contributed by atoms with Gasteiger partial charge in [0.05, 0.1) is 0 Å². The van der Waals surface area contributed by atoms with Crippen molar-refractivity contribution in [1.29, 1.82) is 0 Å². The summed E-state index contributed by atoms with van der Waals surface area (Å²) in [5.41, 5.74) is 0. The van der Waals surface area contributed by atoms with E-state index in [0.29, 0.717) is 0 Å². The normalized spacial score (nSPS) is 0. The van der Waals surface area contributed by atoms with Crippen LogP contribution >= 0.6 is 81.0 Å². The maximum atomic E-state index is 0. The molecular formula is C51H216S6. The van der Waals surface area contributed by atoms with Crippen LogP contribution in [-0.2, 0) is 0 Å². The summed E-state index contributed by atoms with van der Waals surface area (Å²) in [5.74, 6) is 0. The third-order valence-corrected chi connectivity index (χ3v) is 0. The molecule has 0 amide bonds. The van der Waals surface area contributed by atoms with Crippen LogP contribution in [0.25, 0.3) is 0 Å². The smallest absolute Gasteiger partial charge is 0.0776 e. The molecule has 0 atom stereocenters. The zero-order valence-electron chi connectivity index (χ0n) is 3.00. The molecule has 0 saturated heterocycles. The fourth-order valence-corrected chi connectivity index (χ4v) is 0. The van der Waals surface area contributed by atoms with E-state index in [1.165, 1.54) is 0 Å². The van der Waals surface area contributed by atoms with Crippen LogP contribution in [0.5, 0.6) is 0 Å². The van der Waals surface area contributed by atoms with Crippen LogP contribution in [0.3, 0.4) is 0 Å². The predicted octanol–water partition coefficient (Wildman–Crippen LogP) is 33.1. The highest BCUT2D eigenvalue weighted by atomic mass is 32.1. The lowest BCUT2D eigenvalue weighted by Crippen LogP contribution is 0.143. The Kier molecular flexibility index (Phi) is 34100000. The summed E-state index contributed by atoms with van der Waals surface area (Å²) < 4.78 is 0. The van der Waals surface area contributed by atoms with Crippen molar-refractivity contribution in [3.05, 3.63) is 0 Å². The monoisotopic (exact) mass is 1020 g/mol. The molecule has 6 heteroatoms. The Labute approximate surface area is 456 Å². The second-order valence-electron chi connectivity index (χ2n) is 0. The lowest BCUT2D eigenvalue weighted by Gasteiger charge is -0.198. The molecule has 0 N–H and O–H groups in total. The SMILES string of the molecule is C.C.C.C.C.C.C.C.C.C.C.C.C.C.C.C.C.C.C.C.C.C.C.C.C.C.C.C.C.C.C.C.C.C.C.C.C.C.C.C.C.C.C.C.C.C.C.C.C.C.C.S.S.S.S.S.S. The van der Waals surface area contributed by atoms with Crippen LogP contribution in [0.2, 0.25) is 0 Å². The van der Waals surface area contributed by atoms with Gasteiger partial charge in [0.2, 0.25) is 0 Å². The summed E-state index contributed by atoms with van der Waals surface area (Å²) in [5, 5.41) is 0. The Morgan fingerprint density at radius 3 is 0.0351 bits per heavy atom. The largest absolute Gasteiger partial charge is 0.197 e. The quantitative estimate of drug-likeness (QED) is 0.227. The maximum Gasteiger partial charge on any atom is -0.0776 e. The number of rotatable bonds is 0. The van der Waals surface area contributed by atoms with Gasteiger partial charge in [-0.2, -0.15) is 81.0 Å². The van der Waals surface area contributed by atoms with E-state index in [4.69, 9.17) is 0 Å². The zero-order valence-corrected chi connectivity index (χ0v) is 9.00. The van der Waals surface area contributed by atoms with Crippen LogP contribution in [0.4, 0.5) is 0 Å². The Bertz CT molecular complexity index is 27.7. The molecule has 0 aliphatic rings. The third-order valence-electron chi connectivity index (χ3n) is 0. The molecule has 57 heavy (non-hydrogen) atoms. The first kappa shape index (κ1) is 45200. The molecule has 0 aliphatic carbocycles. The van der Waals surface area contributed by atoms with Crippen molar-refractivity contribution in [2.45, 2.75) is 379 Å². The minimum absolute atomic E-state index is 0. The first-order chi connectivity index (χ1) is 0. The van der Waals surface area contributed by atoms with Gasteiger partial charge in [0.1, 0.15) is 0 Å². The van der Waals surface area contributed by atoms with E-state index < -0.39 is 0 Å². The van der Waals surface area contributed by atoms with Crippen molar-refractivity contribution in [2.24, 2.45) is 0 Å². The van der Waals surface area contributed by atoms with Gasteiger partial charge in [0.15, 0.2) is 0 Å². The molecule has 0 nitrogen and oxygen atoms in total. The van der Waals surface area contributed by atoms with Gasteiger partial charge in [-0.15, -0.1) is 0 Å². The first-order valence-corrected chi connectivity index (χ1v) is 0. The van der Waals surface area contributed by atoms with Gasteiger partial charge in [-0.3, -0.25) is 0 Å². The molecule has 0 aromatic heterocycles. The fraction of sp³-hybridized carbons (Fsp3) is 1.00. The lowest BCUT2D eigenvalue weighted by molar-refractivity contribution is 2.50. The van der Waals surface area contributed by atoms with Crippen molar-refractivity contribution < 1.29 is 0 Å². The first-order valence-electron chi connectivity index (χ1n) is 0. The Hall–Kier alpha value is 2.10. The second-order valence-corrected chi connectivity index (χ2v) is 0. The topological polar surface area (TPSA) is 0 Å². The molecule has 456 valence electrons. The highest BCUT2D eigenvalue weighted by Crippen LogP contribution is 0.654. The van der Waals surface area contributed by atoms with Crippen LogP contribution in [0.1, 0.15) is 379 Å². The molecule has 0 unspecified atom stereocenters. The second kappa shape index (κ2) is 43000. The van der Waals surface area contributed by atoms with E-state index in [2.05, 4.69) is 0 Å². The standard InChI is InChI=1S/51CH4.6H2S/h51*1H4;6*1H2. The Morgan fingerprint density at radius 2 is 0.0351 bits per heavy atom. The van der Waals surface area contributed by atoms with Gasteiger partial charge in [-0.05, 0) is 0 Å². The van der Waals surface area contributed by atoms with E-state index in [-0.39, 0.29) is 460 Å². The van der Waals surface area contributed by atoms with E-state index in [1.807, 2.05) is 0 Å². The van der Waals surface area contributed by atoms with E-state index in [0.717, 1.165) is 0 Å². The van der Waals surface area contributed by atoms with Crippen molar-refractivity contribution in [3.63, 3.8) is 0 Å². The summed E-state index contributed by atoms with van der Waals surface area (Å²) in [6.07, 6.45) is 0. The number of hydrogen-bond donors (Lipinski definition) is 0. The summed E-state index contributed by atoms with van der Waals surface area (Å²) in [6, 6.07) is 0. The van der Waals surface area contributed by atoms with Gasteiger partial charge >= 0.3 is 0 Å². The van der Waals surface area contributed by atoms with E-state index >= 15 is 0 Å². The highest BCUT2D eigenvalue weighted by molar-refractivity contribution is 7.60. The molecule has 0 fully saturated rings. The van der Waals surface area contributed by atoms with Gasteiger partial charge in [-0.25, -0.2) is 0 Å². The van der Waals surface area contributed by atoms with Gasteiger partial charge in [0.25, 0.3) is 0 Å². The minimum atomic E-state index is 0. The third kappa shape index (κ3) is 41500. The Morgan fingerprint density at radius 1 is 0.0351 bits per heavy atom. The van der Waals surface area contributed by atoms with Crippen LogP contribution < -0.4 is 0 Å². The fourth-order valence-electron chi connectivity index (χ4n) is 0. The molecule has 0 heterocycles. The van der Waals surface area contributed by atoms with E-state index in [9.17, 15) is 0 Å². The van der Waals surface area contributed by atoms with Crippen molar-refractivity contribution in [2.75, 3.05) is 0 Å². The average Bonchev–Trinajstić information content (AvgIpc) is 0. The van der Waals surface area contributed by atoms with E-state index in [1.54, 1.807) is 0 Å². The number of hydrogen-bond acceptors (Lipinski definition) is 0. The zero-order chi connectivity index (χ0) is 0. The molecular weight excluding hydrogens is 805 g/mol. The lowest BCUT2D eigenvalue weighted by atomic mass is 12.0. The summed E-state index contributed by atoms with van der Waals surface area (Å²) >= 11 is 0.